The van der Waals surface area contributed by atoms with Crippen molar-refractivity contribution >= 4 is 33.2 Å². The molecule has 0 atom stereocenters. The van der Waals surface area contributed by atoms with Crippen LogP contribution in [0.4, 0.5) is 0 Å². The maximum atomic E-state index is 6.12. The molecule has 0 aliphatic carbocycles. The van der Waals surface area contributed by atoms with Gasteiger partial charge in [-0.1, -0.05) is 48.9 Å². The monoisotopic (exact) mass is 273 g/mol. The third-order valence-electron chi connectivity index (χ3n) is 2.93. The van der Waals surface area contributed by atoms with Gasteiger partial charge in [0.1, 0.15) is 5.01 Å². The Kier molecular flexibility index (Phi) is 3.06. The molecule has 0 N–H and O–H groups in total. The fourth-order valence-corrected chi connectivity index (χ4v) is 3.40. The van der Waals surface area contributed by atoms with Gasteiger partial charge in [0.2, 0.25) is 0 Å². The molecule has 0 aliphatic heterocycles. The number of aromatic nitrogens is 1. The van der Waals surface area contributed by atoms with Gasteiger partial charge in [-0.25, -0.2) is 4.98 Å². The average Bonchev–Trinajstić information content (AvgIpc) is 2.82. The molecular formula is C15H12ClNS. The molecule has 0 fully saturated rings. The summed E-state index contributed by atoms with van der Waals surface area (Å²) in [5.74, 6) is 0. The number of benzene rings is 2. The number of hydrogen-bond donors (Lipinski definition) is 0. The highest BCUT2D eigenvalue weighted by Crippen LogP contribution is 2.34. The smallest absolute Gasteiger partial charge is 0.124 e. The van der Waals surface area contributed by atoms with Gasteiger partial charge in [0.05, 0.1) is 10.2 Å². The van der Waals surface area contributed by atoms with Crippen LogP contribution in [0.25, 0.3) is 20.8 Å². The number of nitrogens with zero attached hydrogens (tertiary/aromatic N) is 1. The topological polar surface area (TPSA) is 12.9 Å². The quantitative estimate of drug-likeness (QED) is 0.627. The maximum Gasteiger partial charge on any atom is 0.124 e. The molecule has 0 unspecified atom stereocenters. The number of hydrogen-bond acceptors (Lipinski definition) is 2. The van der Waals surface area contributed by atoms with Gasteiger partial charge in [-0.15, -0.1) is 11.3 Å². The van der Waals surface area contributed by atoms with Crippen molar-refractivity contribution in [2.24, 2.45) is 0 Å². The van der Waals surface area contributed by atoms with Crippen LogP contribution in [0.5, 0.6) is 0 Å². The Morgan fingerprint density at radius 1 is 1.17 bits per heavy atom. The van der Waals surface area contributed by atoms with Crippen LogP contribution in [-0.2, 0) is 6.42 Å². The van der Waals surface area contributed by atoms with Gasteiger partial charge < -0.3 is 0 Å². The van der Waals surface area contributed by atoms with E-state index >= 15 is 0 Å². The SMILES string of the molecule is CCc1cc(Cl)cc2nc(-c3ccccc3)sc12. The average molecular weight is 274 g/mol. The predicted octanol–water partition coefficient (Wildman–Crippen LogP) is 5.18. The molecule has 90 valence electrons. The first kappa shape index (κ1) is 11.7. The lowest BCUT2D eigenvalue weighted by atomic mass is 10.1. The summed E-state index contributed by atoms with van der Waals surface area (Å²) in [7, 11) is 0. The van der Waals surface area contributed by atoms with Gasteiger partial charge in [0.15, 0.2) is 0 Å². The van der Waals surface area contributed by atoms with Crippen molar-refractivity contribution in [1.82, 2.24) is 4.98 Å². The summed E-state index contributed by atoms with van der Waals surface area (Å²) in [6, 6.07) is 14.3. The van der Waals surface area contributed by atoms with Gasteiger partial charge in [-0.3, -0.25) is 0 Å². The van der Waals surface area contributed by atoms with E-state index in [0.29, 0.717) is 0 Å². The second kappa shape index (κ2) is 4.71. The van der Waals surface area contributed by atoms with E-state index in [4.69, 9.17) is 11.6 Å². The van der Waals surface area contributed by atoms with E-state index in [1.54, 1.807) is 11.3 Å². The van der Waals surface area contributed by atoms with Gasteiger partial charge in [0.25, 0.3) is 0 Å². The van der Waals surface area contributed by atoms with Crippen LogP contribution in [0, 0.1) is 0 Å². The Morgan fingerprint density at radius 2 is 1.94 bits per heavy atom. The molecule has 3 rings (SSSR count). The Morgan fingerprint density at radius 3 is 2.67 bits per heavy atom. The lowest BCUT2D eigenvalue weighted by Crippen LogP contribution is -1.80. The highest BCUT2D eigenvalue weighted by molar-refractivity contribution is 7.21. The maximum absolute atomic E-state index is 6.12. The Bertz CT molecular complexity index is 688. The van der Waals surface area contributed by atoms with Crippen molar-refractivity contribution in [1.29, 1.82) is 0 Å². The summed E-state index contributed by atoms with van der Waals surface area (Å²) in [5, 5.41) is 1.83. The third kappa shape index (κ3) is 2.02. The molecule has 0 saturated heterocycles. The largest absolute Gasteiger partial charge is 0.236 e. The minimum Gasteiger partial charge on any atom is -0.236 e. The summed E-state index contributed by atoms with van der Waals surface area (Å²) < 4.78 is 1.25. The molecule has 0 bridgehead atoms. The Hall–Kier alpha value is -1.38. The van der Waals surface area contributed by atoms with Crippen LogP contribution in [0.15, 0.2) is 42.5 Å². The molecule has 0 aliphatic rings. The van der Waals surface area contributed by atoms with E-state index in [9.17, 15) is 0 Å². The van der Waals surface area contributed by atoms with Gasteiger partial charge in [-0.2, -0.15) is 0 Å². The highest BCUT2D eigenvalue weighted by Gasteiger charge is 2.10. The lowest BCUT2D eigenvalue weighted by molar-refractivity contribution is 1.16. The summed E-state index contributed by atoms with van der Waals surface area (Å²) in [6.07, 6.45) is 0.980. The zero-order chi connectivity index (χ0) is 12.5. The van der Waals surface area contributed by atoms with Crippen LogP contribution in [0.1, 0.15) is 12.5 Å². The van der Waals surface area contributed by atoms with Crippen molar-refractivity contribution < 1.29 is 0 Å². The highest BCUT2D eigenvalue weighted by atomic mass is 35.5. The Labute approximate surface area is 115 Å². The third-order valence-corrected chi connectivity index (χ3v) is 4.35. The molecule has 18 heavy (non-hydrogen) atoms. The standard InChI is InChI=1S/C15H12ClNS/c1-2-10-8-12(16)9-13-14(10)18-15(17-13)11-6-4-3-5-7-11/h3-9H,2H2,1H3. The van der Waals surface area contributed by atoms with Crippen molar-refractivity contribution in [3.8, 4) is 10.6 Å². The van der Waals surface area contributed by atoms with E-state index in [1.165, 1.54) is 10.3 Å². The van der Waals surface area contributed by atoms with Crippen molar-refractivity contribution in [2.45, 2.75) is 13.3 Å². The van der Waals surface area contributed by atoms with Crippen LogP contribution >= 0.6 is 22.9 Å². The molecular weight excluding hydrogens is 262 g/mol. The van der Waals surface area contributed by atoms with E-state index in [1.807, 2.05) is 30.3 Å². The number of fused-ring (bicyclic) bond motifs is 1. The number of aryl methyl sites for hydroxylation is 1. The summed E-state index contributed by atoms with van der Waals surface area (Å²) in [4.78, 5) is 4.69. The van der Waals surface area contributed by atoms with Crippen molar-refractivity contribution in [3.63, 3.8) is 0 Å². The number of halogens is 1. The first-order valence-corrected chi connectivity index (χ1v) is 7.11. The van der Waals surface area contributed by atoms with Gasteiger partial charge >= 0.3 is 0 Å². The van der Waals surface area contributed by atoms with E-state index in [2.05, 4.69) is 24.0 Å². The summed E-state index contributed by atoms with van der Waals surface area (Å²) in [6.45, 7) is 2.15. The molecule has 0 amide bonds. The molecule has 3 aromatic rings. The Balaban J connectivity index is 2.23. The van der Waals surface area contributed by atoms with Crippen LogP contribution in [0.3, 0.4) is 0 Å². The van der Waals surface area contributed by atoms with Crippen LogP contribution in [-0.4, -0.2) is 4.98 Å². The molecule has 0 saturated carbocycles. The predicted molar refractivity (Wildman–Crippen MR) is 79.4 cm³/mol. The first-order valence-electron chi connectivity index (χ1n) is 5.92. The first-order chi connectivity index (χ1) is 8.78. The number of rotatable bonds is 2. The second-order valence-corrected chi connectivity index (χ2v) is 5.59. The van der Waals surface area contributed by atoms with Gasteiger partial charge in [-0.05, 0) is 24.1 Å². The van der Waals surface area contributed by atoms with Crippen LogP contribution in [0.2, 0.25) is 5.02 Å². The summed E-state index contributed by atoms with van der Waals surface area (Å²) >= 11 is 7.86. The van der Waals surface area contributed by atoms with Crippen molar-refractivity contribution in [2.75, 3.05) is 0 Å². The van der Waals surface area contributed by atoms with Gasteiger partial charge in [0, 0.05) is 10.6 Å². The van der Waals surface area contributed by atoms with E-state index in [0.717, 1.165) is 27.5 Å². The lowest BCUT2D eigenvalue weighted by Gasteiger charge is -1.98. The number of thiazole rings is 1. The molecule has 1 heterocycles. The fraction of sp³-hybridized carbons (Fsp3) is 0.133. The van der Waals surface area contributed by atoms with E-state index < -0.39 is 0 Å². The molecule has 3 heteroatoms. The molecule has 0 radical (unpaired) electrons. The van der Waals surface area contributed by atoms with Crippen LogP contribution < -0.4 is 0 Å². The fourth-order valence-electron chi connectivity index (χ4n) is 2.03. The minimum atomic E-state index is 0.768. The zero-order valence-electron chi connectivity index (χ0n) is 9.98. The zero-order valence-corrected chi connectivity index (χ0v) is 11.6. The molecule has 2 aromatic carbocycles. The second-order valence-electron chi connectivity index (χ2n) is 4.15. The van der Waals surface area contributed by atoms with Crippen molar-refractivity contribution in [3.05, 3.63) is 53.1 Å². The summed E-state index contributed by atoms with van der Waals surface area (Å²) in [5.41, 5.74) is 3.44. The normalized spacial score (nSPS) is 11.0. The minimum absolute atomic E-state index is 0.768. The molecule has 1 aromatic heterocycles. The van der Waals surface area contributed by atoms with E-state index in [-0.39, 0.29) is 0 Å². The molecule has 1 nitrogen and oxygen atoms in total. The molecule has 0 spiro atoms.